The molecule has 0 unspecified atom stereocenters. The summed E-state index contributed by atoms with van der Waals surface area (Å²) >= 11 is 6.43. The van der Waals surface area contributed by atoms with Gasteiger partial charge in [0.05, 0.1) is 11.5 Å². The summed E-state index contributed by atoms with van der Waals surface area (Å²) in [6.07, 6.45) is 12.2. The first-order valence-electron chi connectivity index (χ1n) is 10.8. The molecular weight excluding hydrogens is 442 g/mol. The number of carbonyl (C=O) groups is 2. The van der Waals surface area contributed by atoms with Gasteiger partial charge in [-0.05, 0) is 54.5 Å². The third-order valence-corrected chi connectivity index (χ3v) is 6.20. The number of pyridine rings is 1. The number of amides is 2. The number of aromatic nitrogens is 1. The Morgan fingerprint density at radius 2 is 1.78 bits per heavy atom. The first-order chi connectivity index (χ1) is 15.6. The quantitative estimate of drug-likeness (QED) is 0.271. The van der Waals surface area contributed by atoms with Crippen LogP contribution in [0.25, 0.3) is 6.08 Å². The molecular formula is C24H27N3O3S2. The van der Waals surface area contributed by atoms with Crippen LogP contribution in [0.5, 0.6) is 5.75 Å². The van der Waals surface area contributed by atoms with Gasteiger partial charge in [0.2, 0.25) is 0 Å². The van der Waals surface area contributed by atoms with Gasteiger partial charge >= 0.3 is 0 Å². The summed E-state index contributed by atoms with van der Waals surface area (Å²) in [7, 11) is 0. The molecule has 1 aromatic heterocycles. The molecule has 168 valence electrons. The highest BCUT2D eigenvalue weighted by atomic mass is 32.2. The first kappa shape index (κ1) is 23.9. The zero-order chi connectivity index (χ0) is 22.8. The fourth-order valence-corrected chi connectivity index (χ4v) is 4.30. The average Bonchev–Trinajstić information content (AvgIpc) is 3.07. The van der Waals surface area contributed by atoms with E-state index in [9.17, 15) is 9.59 Å². The number of nitrogens with one attached hydrogen (secondary N) is 1. The number of nitrogens with zero attached hydrogens (tertiary/aromatic N) is 2. The molecule has 2 amide bonds. The molecule has 1 saturated heterocycles. The number of hydrogen-bond donors (Lipinski definition) is 1. The van der Waals surface area contributed by atoms with Crippen molar-refractivity contribution in [3.8, 4) is 5.75 Å². The second kappa shape index (κ2) is 12.4. The minimum atomic E-state index is -0.420. The normalized spacial score (nSPS) is 14.8. The molecule has 0 atom stereocenters. The zero-order valence-corrected chi connectivity index (χ0v) is 19.7. The number of carbonyl (C=O) groups excluding carboxylic acids is 2. The SMILES string of the molecule is CCCCCCCCOc1ccc(/C=C2\SC(=S)N(NC(=O)c3ccncc3)C2=O)cc1. The first-order valence-corrected chi connectivity index (χ1v) is 12.0. The third-order valence-electron chi connectivity index (χ3n) is 4.89. The van der Waals surface area contributed by atoms with E-state index in [4.69, 9.17) is 17.0 Å². The van der Waals surface area contributed by atoms with E-state index in [-0.39, 0.29) is 10.2 Å². The van der Waals surface area contributed by atoms with Crippen molar-refractivity contribution in [2.75, 3.05) is 6.61 Å². The summed E-state index contributed by atoms with van der Waals surface area (Å²) in [6.45, 7) is 2.93. The van der Waals surface area contributed by atoms with Crippen LogP contribution >= 0.6 is 24.0 Å². The molecule has 0 spiro atoms. The number of benzene rings is 1. The Morgan fingerprint density at radius 1 is 1.09 bits per heavy atom. The molecule has 2 heterocycles. The molecule has 0 bridgehead atoms. The maximum atomic E-state index is 12.7. The lowest BCUT2D eigenvalue weighted by molar-refractivity contribution is -0.123. The van der Waals surface area contributed by atoms with E-state index in [1.165, 1.54) is 44.5 Å². The van der Waals surface area contributed by atoms with Gasteiger partial charge in [-0.2, -0.15) is 5.01 Å². The Labute approximate surface area is 198 Å². The van der Waals surface area contributed by atoms with E-state index in [0.29, 0.717) is 17.1 Å². The van der Waals surface area contributed by atoms with Gasteiger partial charge < -0.3 is 4.74 Å². The monoisotopic (exact) mass is 469 g/mol. The molecule has 1 aliphatic rings. The highest BCUT2D eigenvalue weighted by Gasteiger charge is 2.33. The molecule has 6 nitrogen and oxygen atoms in total. The Bertz CT molecular complexity index is 962. The Morgan fingerprint density at radius 3 is 2.50 bits per heavy atom. The largest absolute Gasteiger partial charge is 0.494 e. The maximum absolute atomic E-state index is 12.7. The second-order valence-corrected chi connectivity index (χ2v) is 9.05. The van der Waals surface area contributed by atoms with Crippen LogP contribution in [0, 0.1) is 0 Å². The summed E-state index contributed by atoms with van der Waals surface area (Å²) < 4.78 is 6.08. The Kier molecular flexibility index (Phi) is 9.25. The van der Waals surface area contributed by atoms with Crippen molar-refractivity contribution in [2.24, 2.45) is 0 Å². The Hall–Kier alpha value is -2.71. The molecule has 1 fully saturated rings. The Balaban J connectivity index is 1.51. The van der Waals surface area contributed by atoms with Crippen molar-refractivity contribution in [3.63, 3.8) is 0 Å². The second-order valence-electron chi connectivity index (χ2n) is 7.38. The van der Waals surface area contributed by atoms with Crippen LogP contribution in [0.4, 0.5) is 0 Å². The molecule has 3 rings (SSSR count). The van der Waals surface area contributed by atoms with Gasteiger partial charge in [0.15, 0.2) is 4.32 Å². The summed E-state index contributed by atoms with van der Waals surface area (Å²) in [5.41, 5.74) is 3.82. The van der Waals surface area contributed by atoms with Crippen LogP contribution in [-0.4, -0.2) is 32.7 Å². The lowest BCUT2D eigenvalue weighted by Gasteiger charge is -2.15. The van der Waals surface area contributed by atoms with Crippen molar-refractivity contribution >= 4 is 46.2 Å². The van der Waals surface area contributed by atoms with Crippen LogP contribution in [0.15, 0.2) is 53.7 Å². The highest BCUT2D eigenvalue weighted by molar-refractivity contribution is 8.26. The van der Waals surface area contributed by atoms with Crippen LogP contribution in [0.3, 0.4) is 0 Å². The molecule has 0 radical (unpaired) electrons. The van der Waals surface area contributed by atoms with Crippen LogP contribution in [-0.2, 0) is 4.79 Å². The van der Waals surface area contributed by atoms with E-state index in [1.54, 1.807) is 18.2 Å². The lowest BCUT2D eigenvalue weighted by atomic mass is 10.1. The van der Waals surface area contributed by atoms with Gasteiger partial charge in [-0.1, -0.05) is 62.9 Å². The third kappa shape index (κ3) is 6.90. The van der Waals surface area contributed by atoms with E-state index in [0.717, 1.165) is 34.5 Å². The summed E-state index contributed by atoms with van der Waals surface area (Å²) in [5.74, 6) is 0.0375. The number of ether oxygens (including phenoxy) is 1. The number of unbranched alkanes of at least 4 members (excludes halogenated alkanes) is 5. The van der Waals surface area contributed by atoms with Crippen LogP contribution in [0.2, 0.25) is 0 Å². The lowest BCUT2D eigenvalue weighted by Crippen LogP contribution is -2.44. The molecule has 1 aromatic carbocycles. The predicted molar refractivity (Wildman–Crippen MR) is 132 cm³/mol. The number of thioether (sulfide) groups is 1. The van der Waals surface area contributed by atoms with Gasteiger partial charge in [-0.15, -0.1) is 0 Å². The zero-order valence-electron chi connectivity index (χ0n) is 18.1. The van der Waals surface area contributed by atoms with E-state index < -0.39 is 5.91 Å². The van der Waals surface area contributed by atoms with Crippen LogP contribution < -0.4 is 10.2 Å². The smallest absolute Gasteiger partial charge is 0.285 e. The van der Waals surface area contributed by atoms with E-state index in [2.05, 4.69) is 17.3 Å². The summed E-state index contributed by atoms with van der Waals surface area (Å²) in [5, 5.41) is 1.10. The van der Waals surface area contributed by atoms with Gasteiger partial charge in [0, 0.05) is 18.0 Å². The summed E-state index contributed by atoms with van der Waals surface area (Å²) in [6, 6.07) is 10.7. The standard InChI is InChI=1S/C24H27N3O3S2/c1-2-3-4-5-6-7-16-30-20-10-8-18(9-11-20)17-21-23(29)27(24(31)32-21)26-22(28)19-12-14-25-15-13-19/h8-15,17H,2-7,16H2,1H3,(H,26,28)/b21-17-. The van der Waals surface area contributed by atoms with Crippen molar-refractivity contribution < 1.29 is 14.3 Å². The van der Waals surface area contributed by atoms with Crippen LogP contribution in [0.1, 0.15) is 61.4 Å². The maximum Gasteiger partial charge on any atom is 0.285 e. The number of hydrazine groups is 1. The molecule has 8 heteroatoms. The number of hydrogen-bond acceptors (Lipinski definition) is 6. The summed E-state index contributed by atoms with van der Waals surface area (Å²) in [4.78, 5) is 29.4. The van der Waals surface area contributed by atoms with E-state index in [1.807, 2.05) is 24.3 Å². The molecule has 1 aliphatic heterocycles. The fourth-order valence-electron chi connectivity index (χ4n) is 3.12. The predicted octanol–water partition coefficient (Wildman–Crippen LogP) is 5.37. The number of thiocarbonyl (C=S) groups is 1. The van der Waals surface area contributed by atoms with Gasteiger partial charge in [0.25, 0.3) is 11.8 Å². The van der Waals surface area contributed by atoms with Gasteiger partial charge in [0.1, 0.15) is 5.75 Å². The minimum absolute atomic E-state index is 0.280. The molecule has 0 saturated carbocycles. The highest BCUT2D eigenvalue weighted by Crippen LogP contribution is 2.31. The van der Waals surface area contributed by atoms with Crippen molar-refractivity contribution in [2.45, 2.75) is 45.4 Å². The topological polar surface area (TPSA) is 71.5 Å². The fraction of sp³-hybridized carbons (Fsp3) is 0.333. The average molecular weight is 470 g/mol. The van der Waals surface area contributed by atoms with Gasteiger partial charge in [-0.25, -0.2) is 0 Å². The van der Waals surface area contributed by atoms with Gasteiger partial charge in [-0.3, -0.25) is 20.0 Å². The molecule has 1 N–H and O–H groups in total. The van der Waals surface area contributed by atoms with Crippen molar-refractivity contribution in [3.05, 3.63) is 64.8 Å². The molecule has 2 aromatic rings. The van der Waals surface area contributed by atoms with E-state index >= 15 is 0 Å². The minimum Gasteiger partial charge on any atom is -0.494 e. The van der Waals surface area contributed by atoms with Crippen molar-refractivity contribution in [1.82, 2.24) is 15.4 Å². The molecule has 32 heavy (non-hydrogen) atoms. The van der Waals surface area contributed by atoms with Crippen molar-refractivity contribution in [1.29, 1.82) is 0 Å². The molecule has 0 aliphatic carbocycles. The number of rotatable bonds is 11.